The minimum Gasteiger partial charge on any atom is -0.464 e. The molecule has 0 aromatic carbocycles. The van der Waals surface area contributed by atoms with Crippen LogP contribution in [0.15, 0.2) is 27.8 Å². The summed E-state index contributed by atoms with van der Waals surface area (Å²) in [4.78, 5) is 31.9. The van der Waals surface area contributed by atoms with E-state index in [4.69, 9.17) is 4.42 Å². The van der Waals surface area contributed by atoms with Crippen LogP contribution in [0.1, 0.15) is 55.2 Å². The Kier molecular flexibility index (Phi) is 6.83. The third-order valence-corrected chi connectivity index (χ3v) is 6.16. The lowest BCUT2D eigenvalue weighted by atomic mass is 9.98. The maximum atomic E-state index is 13.2. The standard InChI is InChI=1S/C22H26N4O3S/c1-5-26(6-2)22(28)18-13(3)24-21(30-14(4)20(27)25-15-9-10-15)16(12-23)19(18)17-8-7-11-29-17/h7-8,11,14-15H,5-6,9-10H2,1-4H3,(H,25,27). The molecule has 0 saturated heterocycles. The molecule has 2 heterocycles. The molecule has 2 aromatic rings. The number of hydrogen-bond acceptors (Lipinski definition) is 6. The van der Waals surface area contributed by atoms with Crippen LogP contribution in [0.5, 0.6) is 0 Å². The van der Waals surface area contributed by atoms with Crippen LogP contribution in [-0.2, 0) is 4.79 Å². The highest BCUT2D eigenvalue weighted by Crippen LogP contribution is 2.37. The van der Waals surface area contributed by atoms with Gasteiger partial charge in [0.15, 0.2) is 0 Å². The van der Waals surface area contributed by atoms with Crippen molar-refractivity contribution in [3.8, 4) is 17.4 Å². The minimum absolute atomic E-state index is 0.0753. The third kappa shape index (κ3) is 4.51. The molecule has 3 rings (SSSR count). The molecule has 1 aliphatic carbocycles. The third-order valence-electron chi connectivity index (χ3n) is 5.07. The second-order valence-corrected chi connectivity index (χ2v) is 8.57. The second kappa shape index (κ2) is 9.35. The van der Waals surface area contributed by atoms with Gasteiger partial charge in [-0.3, -0.25) is 9.59 Å². The number of amides is 2. The van der Waals surface area contributed by atoms with Crippen LogP contribution >= 0.6 is 11.8 Å². The number of pyridine rings is 1. The first kappa shape index (κ1) is 21.9. The molecule has 1 saturated carbocycles. The molecule has 1 fully saturated rings. The summed E-state index contributed by atoms with van der Waals surface area (Å²) in [6, 6.07) is 5.91. The van der Waals surface area contributed by atoms with E-state index in [-0.39, 0.29) is 23.4 Å². The van der Waals surface area contributed by atoms with Crippen LogP contribution in [-0.4, -0.2) is 46.1 Å². The molecule has 1 aliphatic rings. The SMILES string of the molecule is CCN(CC)C(=O)c1c(C)nc(SC(C)C(=O)NC2CC2)c(C#N)c1-c1ccco1. The average molecular weight is 427 g/mol. The van der Waals surface area contributed by atoms with Crippen molar-refractivity contribution in [1.29, 1.82) is 5.26 Å². The summed E-state index contributed by atoms with van der Waals surface area (Å²) in [6.07, 6.45) is 3.53. The smallest absolute Gasteiger partial charge is 0.256 e. The molecule has 1 unspecified atom stereocenters. The zero-order chi connectivity index (χ0) is 21.8. The van der Waals surface area contributed by atoms with Crippen molar-refractivity contribution in [2.24, 2.45) is 0 Å². The van der Waals surface area contributed by atoms with Crippen molar-refractivity contribution in [1.82, 2.24) is 15.2 Å². The number of carbonyl (C=O) groups excluding carboxylic acids is 2. The second-order valence-electron chi connectivity index (χ2n) is 7.24. The van der Waals surface area contributed by atoms with Crippen molar-refractivity contribution in [3.63, 3.8) is 0 Å². The number of aromatic nitrogens is 1. The van der Waals surface area contributed by atoms with Gasteiger partial charge in [0.25, 0.3) is 5.91 Å². The molecule has 30 heavy (non-hydrogen) atoms. The zero-order valence-electron chi connectivity index (χ0n) is 17.7. The molecule has 2 aromatic heterocycles. The van der Waals surface area contributed by atoms with E-state index < -0.39 is 5.25 Å². The Hall–Kier alpha value is -2.79. The number of rotatable bonds is 8. The highest BCUT2D eigenvalue weighted by atomic mass is 32.2. The van der Waals surface area contributed by atoms with E-state index in [0.29, 0.717) is 40.7 Å². The lowest BCUT2D eigenvalue weighted by Gasteiger charge is -2.22. The van der Waals surface area contributed by atoms with Crippen molar-refractivity contribution in [2.75, 3.05) is 13.1 Å². The first-order valence-electron chi connectivity index (χ1n) is 10.2. The Morgan fingerprint density at radius 3 is 2.63 bits per heavy atom. The van der Waals surface area contributed by atoms with Gasteiger partial charge in [-0.05, 0) is 52.7 Å². The van der Waals surface area contributed by atoms with Gasteiger partial charge in [-0.1, -0.05) is 11.8 Å². The number of nitrogens with one attached hydrogen (secondary N) is 1. The summed E-state index contributed by atoms with van der Waals surface area (Å²) in [5.41, 5.74) is 1.56. The van der Waals surface area contributed by atoms with Crippen LogP contribution < -0.4 is 5.32 Å². The van der Waals surface area contributed by atoms with Crippen molar-refractivity contribution >= 4 is 23.6 Å². The lowest BCUT2D eigenvalue weighted by molar-refractivity contribution is -0.120. The van der Waals surface area contributed by atoms with Crippen LogP contribution in [0.2, 0.25) is 0 Å². The summed E-state index contributed by atoms with van der Waals surface area (Å²) in [6.45, 7) is 8.45. The van der Waals surface area contributed by atoms with E-state index in [2.05, 4.69) is 16.4 Å². The molecule has 1 atom stereocenters. The number of hydrogen-bond donors (Lipinski definition) is 1. The van der Waals surface area contributed by atoms with Crippen molar-refractivity contribution in [3.05, 3.63) is 35.2 Å². The first-order chi connectivity index (χ1) is 14.4. The topological polar surface area (TPSA) is 99.2 Å². The van der Waals surface area contributed by atoms with Crippen molar-refractivity contribution in [2.45, 2.75) is 56.9 Å². The predicted molar refractivity (Wildman–Crippen MR) is 115 cm³/mol. The van der Waals surface area contributed by atoms with E-state index in [1.54, 1.807) is 30.9 Å². The van der Waals surface area contributed by atoms with Gasteiger partial charge in [0, 0.05) is 19.1 Å². The summed E-state index contributed by atoms with van der Waals surface area (Å²) in [7, 11) is 0. The number of furan rings is 1. The number of nitriles is 1. The molecule has 2 amide bonds. The molecule has 0 spiro atoms. The van der Waals surface area contributed by atoms with E-state index >= 15 is 0 Å². The Morgan fingerprint density at radius 1 is 1.40 bits per heavy atom. The molecule has 0 aliphatic heterocycles. The number of thioether (sulfide) groups is 1. The molecule has 0 radical (unpaired) electrons. The Bertz CT molecular complexity index is 973. The monoisotopic (exact) mass is 426 g/mol. The van der Waals surface area contributed by atoms with Gasteiger partial charge in [0.1, 0.15) is 16.9 Å². The van der Waals surface area contributed by atoms with Gasteiger partial charge >= 0.3 is 0 Å². The number of carbonyl (C=O) groups is 2. The molecular formula is C22H26N4O3S. The zero-order valence-corrected chi connectivity index (χ0v) is 18.5. The van der Waals surface area contributed by atoms with E-state index in [1.165, 1.54) is 18.0 Å². The van der Waals surface area contributed by atoms with Gasteiger partial charge in [-0.25, -0.2) is 4.98 Å². The molecule has 158 valence electrons. The first-order valence-corrected chi connectivity index (χ1v) is 11.0. The molecule has 0 bridgehead atoms. The molecule has 7 nitrogen and oxygen atoms in total. The van der Waals surface area contributed by atoms with E-state index in [0.717, 1.165) is 12.8 Å². The van der Waals surface area contributed by atoms with E-state index in [9.17, 15) is 14.9 Å². The Balaban J connectivity index is 2.08. The normalized spacial score (nSPS) is 14.1. The highest BCUT2D eigenvalue weighted by molar-refractivity contribution is 8.00. The maximum absolute atomic E-state index is 13.2. The summed E-state index contributed by atoms with van der Waals surface area (Å²) < 4.78 is 5.59. The quantitative estimate of drug-likeness (QED) is 0.645. The Morgan fingerprint density at radius 2 is 2.10 bits per heavy atom. The van der Waals surface area contributed by atoms with E-state index in [1.807, 2.05) is 13.8 Å². The largest absolute Gasteiger partial charge is 0.464 e. The Labute approximate surface area is 180 Å². The maximum Gasteiger partial charge on any atom is 0.256 e. The molecular weight excluding hydrogens is 400 g/mol. The minimum atomic E-state index is -0.418. The van der Waals surface area contributed by atoms with Crippen LogP contribution in [0.4, 0.5) is 0 Å². The summed E-state index contributed by atoms with van der Waals surface area (Å²) in [5, 5.41) is 13.0. The van der Waals surface area contributed by atoms with Gasteiger partial charge in [0.05, 0.1) is 33.9 Å². The summed E-state index contributed by atoms with van der Waals surface area (Å²) in [5.74, 6) is 0.169. The average Bonchev–Trinajstić information content (AvgIpc) is 3.37. The molecule has 1 N–H and O–H groups in total. The van der Waals surface area contributed by atoms with Crippen LogP contribution in [0.3, 0.4) is 0 Å². The van der Waals surface area contributed by atoms with Gasteiger partial charge in [0.2, 0.25) is 5.91 Å². The van der Waals surface area contributed by atoms with Gasteiger partial charge in [-0.2, -0.15) is 5.26 Å². The number of nitrogens with zero attached hydrogens (tertiary/aromatic N) is 3. The fourth-order valence-electron chi connectivity index (χ4n) is 3.23. The number of aryl methyl sites for hydroxylation is 1. The van der Waals surface area contributed by atoms with Gasteiger partial charge < -0.3 is 14.6 Å². The molecule has 8 heteroatoms. The van der Waals surface area contributed by atoms with Crippen molar-refractivity contribution < 1.29 is 14.0 Å². The summed E-state index contributed by atoms with van der Waals surface area (Å²) >= 11 is 1.23. The predicted octanol–water partition coefficient (Wildman–Crippen LogP) is 3.76. The fourth-order valence-corrected chi connectivity index (χ4v) is 4.20. The van der Waals surface area contributed by atoms with Gasteiger partial charge in [-0.15, -0.1) is 0 Å². The van der Waals surface area contributed by atoms with Crippen LogP contribution in [0, 0.1) is 18.3 Å². The fraction of sp³-hybridized carbons (Fsp3) is 0.455. The lowest BCUT2D eigenvalue weighted by Crippen LogP contribution is -2.33. The van der Waals surface area contributed by atoms with Crippen LogP contribution in [0.25, 0.3) is 11.3 Å². The highest BCUT2D eigenvalue weighted by Gasteiger charge is 2.30.